The van der Waals surface area contributed by atoms with Crippen molar-refractivity contribution in [2.45, 2.75) is 50.1 Å². The molecule has 0 radical (unpaired) electrons. The number of hydrogen-bond donors (Lipinski definition) is 1. The molecular weight excluding hydrogens is 408 g/mol. The molecule has 0 spiro atoms. The van der Waals surface area contributed by atoms with Crippen LogP contribution in [-0.2, 0) is 5.75 Å². The number of amides is 1. The molecule has 3 aromatic rings. The van der Waals surface area contributed by atoms with E-state index in [0.29, 0.717) is 29.3 Å². The third kappa shape index (κ3) is 5.28. The van der Waals surface area contributed by atoms with E-state index in [1.54, 1.807) is 6.07 Å². The van der Waals surface area contributed by atoms with Crippen molar-refractivity contribution in [3.8, 4) is 11.3 Å². The molecular formula is C24H28N4O2S. The molecule has 1 unspecified atom stereocenters. The summed E-state index contributed by atoms with van der Waals surface area (Å²) < 4.78 is 5.70. The summed E-state index contributed by atoms with van der Waals surface area (Å²) in [6, 6.07) is 16.3. The number of rotatable bonds is 7. The second-order valence-electron chi connectivity index (χ2n) is 7.71. The molecule has 1 amide bonds. The van der Waals surface area contributed by atoms with Gasteiger partial charge in [-0.15, -0.1) is 0 Å². The van der Waals surface area contributed by atoms with Crippen LogP contribution in [0.25, 0.3) is 11.3 Å². The Kier molecular flexibility index (Phi) is 6.92. The maximum atomic E-state index is 11.9. The molecule has 0 aliphatic carbocycles. The highest BCUT2D eigenvalue weighted by Crippen LogP contribution is 2.30. The lowest BCUT2D eigenvalue weighted by Crippen LogP contribution is -2.38. The van der Waals surface area contributed by atoms with Gasteiger partial charge in [0.1, 0.15) is 11.6 Å². The van der Waals surface area contributed by atoms with Gasteiger partial charge in [0.05, 0.1) is 11.4 Å². The average molecular weight is 437 g/mol. The molecule has 162 valence electrons. The van der Waals surface area contributed by atoms with E-state index in [-0.39, 0.29) is 5.91 Å². The molecule has 3 heterocycles. The second kappa shape index (κ2) is 10.0. The predicted molar refractivity (Wildman–Crippen MR) is 124 cm³/mol. The van der Waals surface area contributed by atoms with Crippen LogP contribution in [0.3, 0.4) is 0 Å². The maximum absolute atomic E-state index is 11.9. The van der Waals surface area contributed by atoms with Crippen molar-refractivity contribution in [2.75, 3.05) is 18.0 Å². The number of nitrogens with one attached hydrogen (secondary N) is 1. The van der Waals surface area contributed by atoms with Crippen molar-refractivity contribution in [1.82, 2.24) is 15.3 Å². The first-order chi connectivity index (χ1) is 15.1. The van der Waals surface area contributed by atoms with Crippen molar-refractivity contribution in [3.63, 3.8) is 0 Å². The van der Waals surface area contributed by atoms with Crippen LogP contribution >= 0.6 is 11.8 Å². The Morgan fingerprint density at radius 2 is 2.03 bits per heavy atom. The van der Waals surface area contributed by atoms with E-state index in [1.165, 1.54) is 31.0 Å². The van der Waals surface area contributed by atoms with Gasteiger partial charge in [0.15, 0.2) is 10.9 Å². The summed E-state index contributed by atoms with van der Waals surface area (Å²) in [7, 11) is 0. The smallest absolute Gasteiger partial charge is 0.286 e. The number of furan rings is 1. The molecule has 1 fully saturated rings. The number of carbonyl (C=O) groups is 1. The minimum Gasteiger partial charge on any atom is -0.455 e. The Labute approximate surface area is 187 Å². The van der Waals surface area contributed by atoms with Crippen molar-refractivity contribution >= 4 is 23.5 Å². The van der Waals surface area contributed by atoms with Gasteiger partial charge >= 0.3 is 0 Å². The van der Waals surface area contributed by atoms with Gasteiger partial charge in [-0.1, -0.05) is 42.1 Å². The largest absolute Gasteiger partial charge is 0.455 e. The summed E-state index contributed by atoms with van der Waals surface area (Å²) in [6.07, 6.45) is 3.64. The number of carbonyl (C=O) groups excluding carboxylic acids is 1. The topological polar surface area (TPSA) is 71.3 Å². The average Bonchev–Trinajstić information content (AvgIpc) is 3.28. The number of nitrogens with zero attached hydrogens (tertiary/aromatic N) is 3. The Bertz CT molecular complexity index is 1020. The minimum atomic E-state index is -0.192. The van der Waals surface area contributed by atoms with Gasteiger partial charge < -0.3 is 14.6 Å². The number of anilines is 1. The molecule has 0 bridgehead atoms. The molecule has 31 heavy (non-hydrogen) atoms. The minimum absolute atomic E-state index is 0.192. The number of hydrogen-bond acceptors (Lipinski definition) is 6. The molecule has 0 saturated carbocycles. The molecule has 6 nitrogen and oxygen atoms in total. The van der Waals surface area contributed by atoms with Crippen LogP contribution in [0.2, 0.25) is 0 Å². The van der Waals surface area contributed by atoms with E-state index in [0.717, 1.165) is 29.4 Å². The fourth-order valence-corrected chi connectivity index (χ4v) is 4.53. The molecule has 1 N–H and O–H groups in total. The van der Waals surface area contributed by atoms with Gasteiger partial charge in [0.2, 0.25) is 0 Å². The maximum Gasteiger partial charge on any atom is 0.286 e. The molecule has 1 aliphatic heterocycles. The first kappa shape index (κ1) is 21.4. The first-order valence-electron chi connectivity index (χ1n) is 10.8. The number of thioether (sulfide) groups is 1. The Hall–Kier alpha value is -2.80. The standard InChI is InChI=1S/C24H28N4O2S/c1-3-25-23(29)21-13-12-19(30-21)16-31-24-26-20(18-10-5-4-6-11-18)15-22(27-24)28-14-8-7-9-17(28)2/h4-6,10-13,15,17H,3,7-9,14,16H2,1-2H3,(H,25,29). The highest BCUT2D eigenvalue weighted by atomic mass is 32.2. The third-order valence-electron chi connectivity index (χ3n) is 5.43. The Morgan fingerprint density at radius 1 is 1.19 bits per heavy atom. The number of benzene rings is 1. The molecule has 1 saturated heterocycles. The lowest BCUT2D eigenvalue weighted by molar-refractivity contribution is 0.0927. The van der Waals surface area contributed by atoms with Crippen LogP contribution in [0, 0.1) is 0 Å². The molecule has 1 atom stereocenters. The summed E-state index contributed by atoms with van der Waals surface area (Å²) >= 11 is 1.53. The van der Waals surface area contributed by atoms with Crippen LogP contribution in [-0.4, -0.2) is 35.0 Å². The predicted octanol–water partition coefficient (Wildman–Crippen LogP) is 5.16. The van der Waals surface area contributed by atoms with E-state index in [2.05, 4.69) is 35.3 Å². The lowest BCUT2D eigenvalue weighted by atomic mass is 10.0. The third-order valence-corrected chi connectivity index (χ3v) is 6.29. The van der Waals surface area contributed by atoms with Crippen molar-refractivity contribution < 1.29 is 9.21 Å². The highest BCUT2D eigenvalue weighted by molar-refractivity contribution is 7.98. The van der Waals surface area contributed by atoms with E-state index < -0.39 is 0 Å². The molecule has 2 aromatic heterocycles. The monoisotopic (exact) mass is 436 g/mol. The van der Waals surface area contributed by atoms with Crippen molar-refractivity contribution in [1.29, 1.82) is 0 Å². The van der Waals surface area contributed by atoms with E-state index >= 15 is 0 Å². The van der Waals surface area contributed by atoms with Gasteiger partial charge in [-0.2, -0.15) is 0 Å². The normalized spacial score (nSPS) is 16.3. The van der Waals surface area contributed by atoms with Crippen LogP contribution in [0.4, 0.5) is 5.82 Å². The SMILES string of the molecule is CCNC(=O)c1ccc(CSc2nc(-c3ccccc3)cc(N3CCCCC3C)n2)o1. The van der Waals surface area contributed by atoms with Crippen LogP contribution < -0.4 is 10.2 Å². The van der Waals surface area contributed by atoms with E-state index in [1.807, 2.05) is 31.2 Å². The van der Waals surface area contributed by atoms with Gasteiger partial charge in [0, 0.05) is 30.8 Å². The van der Waals surface area contributed by atoms with Crippen molar-refractivity contribution in [3.05, 3.63) is 60.1 Å². The zero-order valence-electron chi connectivity index (χ0n) is 18.0. The van der Waals surface area contributed by atoms with E-state index in [4.69, 9.17) is 14.4 Å². The Balaban J connectivity index is 1.57. The summed E-state index contributed by atoms with van der Waals surface area (Å²) in [5.74, 6) is 2.41. The van der Waals surface area contributed by atoms with Crippen LogP contribution in [0.5, 0.6) is 0 Å². The molecule has 4 rings (SSSR count). The van der Waals surface area contributed by atoms with E-state index in [9.17, 15) is 4.79 Å². The molecule has 1 aromatic carbocycles. The molecule has 7 heteroatoms. The van der Waals surface area contributed by atoms with Gasteiger partial charge in [-0.25, -0.2) is 9.97 Å². The molecule has 1 aliphatic rings. The number of aromatic nitrogens is 2. The zero-order chi connectivity index (χ0) is 21.6. The summed E-state index contributed by atoms with van der Waals surface area (Å²) in [4.78, 5) is 24.0. The second-order valence-corrected chi connectivity index (χ2v) is 8.65. The van der Waals surface area contributed by atoms with Gasteiger partial charge in [-0.05, 0) is 45.2 Å². The quantitative estimate of drug-likeness (QED) is 0.408. The first-order valence-corrected chi connectivity index (χ1v) is 11.8. The van der Waals surface area contributed by atoms with Crippen LogP contribution in [0.15, 0.2) is 58.1 Å². The fraction of sp³-hybridized carbons (Fsp3) is 0.375. The van der Waals surface area contributed by atoms with Gasteiger partial charge in [-0.3, -0.25) is 4.79 Å². The highest BCUT2D eigenvalue weighted by Gasteiger charge is 2.21. The fourth-order valence-electron chi connectivity index (χ4n) is 3.78. The lowest BCUT2D eigenvalue weighted by Gasteiger charge is -2.34. The van der Waals surface area contributed by atoms with Crippen molar-refractivity contribution in [2.24, 2.45) is 0 Å². The number of piperidine rings is 1. The summed E-state index contributed by atoms with van der Waals surface area (Å²) in [5, 5.41) is 3.47. The summed E-state index contributed by atoms with van der Waals surface area (Å²) in [5.41, 5.74) is 2.00. The van der Waals surface area contributed by atoms with Crippen LogP contribution in [0.1, 0.15) is 49.4 Å². The zero-order valence-corrected chi connectivity index (χ0v) is 18.8. The van der Waals surface area contributed by atoms with Gasteiger partial charge in [0.25, 0.3) is 5.91 Å². The summed E-state index contributed by atoms with van der Waals surface area (Å²) in [6.45, 7) is 5.74. The Morgan fingerprint density at radius 3 is 2.81 bits per heavy atom.